The first-order chi connectivity index (χ1) is 10.7. The van der Waals surface area contributed by atoms with Gasteiger partial charge < -0.3 is 20.5 Å². The average molecular weight is 308 g/mol. The van der Waals surface area contributed by atoms with Gasteiger partial charge in [0.05, 0.1) is 12.3 Å². The van der Waals surface area contributed by atoms with Crippen molar-refractivity contribution in [3.8, 4) is 5.75 Å². The van der Waals surface area contributed by atoms with Gasteiger partial charge in [-0.3, -0.25) is 0 Å². The van der Waals surface area contributed by atoms with E-state index >= 15 is 0 Å². The Morgan fingerprint density at radius 2 is 1.95 bits per heavy atom. The van der Waals surface area contributed by atoms with Crippen LogP contribution >= 0.6 is 0 Å². The van der Waals surface area contributed by atoms with Crippen LogP contribution in [0.3, 0.4) is 0 Å². The Balaban J connectivity index is 2.21. The maximum atomic E-state index is 6.00. The molecule has 0 aromatic heterocycles. The van der Waals surface area contributed by atoms with E-state index in [1.165, 1.54) is 12.0 Å². The molecule has 0 spiro atoms. The van der Waals surface area contributed by atoms with Crippen molar-refractivity contribution in [2.75, 3.05) is 32.1 Å². The highest BCUT2D eigenvalue weighted by molar-refractivity contribution is 5.54. The number of benzene rings is 1. The number of rotatable bonds is 12. The molecule has 126 valence electrons. The molecule has 0 aliphatic rings. The lowest BCUT2D eigenvalue weighted by Gasteiger charge is -2.15. The lowest BCUT2D eigenvalue weighted by Crippen LogP contribution is -2.29. The Hall–Kier alpha value is -1.26. The first kappa shape index (κ1) is 18.8. The highest BCUT2D eigenvalue weighted by Crippen LogP contribution is 2.23. The molecule has 1 aromatic rings. The summed E-state index contributed by atoms with van der Waals surface area (Å²) in [6, 6.07) is 6.49. The topological polar surface area (TPSA) is 56.5 Å². The molecular formula is C18H32N2O2. The van der Waals surface area contributed by atoms with Gasteiger partial charge in [0.15, 0.2) is 0 Å². The van der Waals surface area contributed by atoms with E-state index in [4.69, 9.17) is 15.2 Å². The van der Waals surface area contributed by atoms with E-state index in [0.29, 0.717) is 12.6 Å². The van der Waals surface area contributed by atoms with Gasteiger partial charge in [0, 0.05) is 19.3 Å². The number of ether oxygens (including phenoxy) is 2. The third-order valence-electron chi connectivity index (χ3n) is 3.52. The first-order valence-corrected chi connectivity index (χ1v) is 8.49. The fourth-order valence-corrected chi connectivity index (χ4v) is 2.31. The Labute approximate surface area is 135 Å². The summed E-state index contributed by atoms with van der Waals surface area (Å²) < 4.78 is 11.0. The molecule has 0 amide bonds. The normalized spacial score (nSPS) is 12.3. The van der Waals surface area contributed by atoms with Gasteiger partial charge in [-0.15, -0.1) is 0 Å². The molecule has 1 rings (SSSR count). The van der Waals surface area contributed by atoms with Crippen LogP contribution in [0.15, 0.2) is 18.2 Å². The summed E-state index contributed by atoms with van der Waals surface area (Å²) in [7, 11) is 0. The lowest BCUT2D eigenvalue weighted by atomic mass is 10.1. The second kappa shape index (κ2) is 11.3. The molecule has 4 heteroatoms. The van der Waals surface area contributed by atoms with Crippen LogP contribution in [0.2, 0.25) is 0 Å². The van der Waals surface area contributed by atoms with Crippen molar-refractivity contribution in [2.45, 2.75) is 52.5 Å². The van der Waals surface area contributed by atoms with Crippen molar-refractivity contribution in [1.82, 2.24) is 5.32 Å². The summed E-state index contributed by atoms with van der Waals surface area (Å²) in [5.41, 5.74) is 7.96. The van der Waals surface area contributed by atoms with Crippen LogP contribution in [0.5, 0.6) is 5.75 Å². The van der Waals surface area contributed by atoms with Crippen LogP contribution in [-0.2, 0) is 11.2 Å². The fourth-order valence-electron chi connectivity index (χ4n) is 2.31. The van der Waals surface area contributed by atoms with Gasteiger partial charge in [0.25, 0.3) is 0 Å². The highest BCUT2D eigenvalue weighted by Gasteiger charge is 2.06. The van der Waals surface area contributed by atoms with E-state index in [0.717, 1.165) is 50.5 Å². The lowest BCUT2D eigenvalue weighted by molar-refractivity contribution is 0.128. The van der Waals surface area contributed by atoms with Gasteiger partial charge in [0.1, 0.15) is 5.75 Å². The number of nitrogens with one attached hydrogen (secondary N) is 1. The van der Waals surface area contributed by atoms with Gasteiger partial charge in [-0.1, -0.05) is 19.4 Å². The van der Waals surface area contributed by atoms with Crippen LogP contribution in [0.4, 0.5) is 5.69 Å². The van der Waals surface area contributed by atoms with Gasteiger partial charge in [-0.25, -0.2) is 0 Å². The van der Waals surface area contributed by atoms with E-state index in [-0.39, 0.29) is 0 Å². The van der Waals surface area contributed by atoms with Crippen LogP contribution in [0.1, 0.15) is 45.6 Å². The minimum atomic E-state index is 0.424. The van der Waals surface area contributed by atoms with Gasteiger partial charge >= 0.3 is 0 Å². The minimum Gasteiger partial charge on any atom is -0.492 e. The van der Waals surface area contributed by atoms with Crippen LogP contribution < -0.4 is 15.8 Å². The van der Waals surface area contributed by atoms with Crippen LogP contribution in [0, 0.1) is 0 Å². The zero-order chi connectivity index (χ0) is 16.2. The summed E-state index contributed by atoms with van der Waals surface area (Å²) in [4.78, 5) is 0. The summed E-state index contributed by atoms with van der Waals surface area (Å²) in [6.07, 6.45) is 4.37. The van der Waals surface area contributed by atoms with Crippen molar-refractivity contribution < 1.29 is 9.47 Å². The fraction of sp³-hybridized carbons (Fsp3) is 0.667. The van der Waals surface area contributed by atoms with Gasteiger partial charge in [-0.2, -0.15) is 0 Å². The van der Waals surface area contributed by atoms with E-state index in [1.54, 1.807) is 0 Å². The second-order valence-electron chi connectivity index (χ2n) is 5.68. The Morgan fingerprint density at radius 1 is 1.18 bits per heavy atom. The van der Waals surface area contributed by atoms with Crippen LogP contribution in [-0.4, -0.2) is 32.4 Å². The molecule has 0 saturated carbocycles. The quantitative estimate of drug-likeness (QED) is 0.459. The molecule has 0 radical (unpaired) electrons. The minimum absolute atomic E-state index is 0.424. The molecule has 0 heterocycles. The van der Waals surface area contributed by atoms with Crippen molar-refractivity contribution in [2.24, 2.45) is 0 Å². The predicted molar refractivity (Wildman–Crippen MR) is 93.5 cm³/mol. The van der Waals surface area contributed by atoms with Crippen molar-refractivity contribution >= 4 is 5.69 Å². The van der Waals surface area contributed by atoms with Crippen molar-refractivity contribution in [1.29, 1.82) is 0 Å². The predicted octanol–water partition coefficient (Wildman–Crippen LogP) is 3.39. The van der Waals surface area contributed by atoms with Crippen molar-refractivity contribution in [3.63, 3.8) is 0 Å². The third kappa shape index (κ3) is 7.66. The summed E-state index contributed by atoms with van der Waals surface area (Å²) in [6.45, 7) is 9.70. The van der Waals surface area contributed by atoms with Crippen molar-refractivity contribution in [3.05, 3.63) is 23.8 Å². The molecule has 0 aliphatic heterocycles. The van der Waals surface area contributed by atoms with E-state index in [1.807, 2.05) is 19.1 Å². The van der Waals surface area contributed by atoms with E-state index < -0.39 is 0 Å². The third-order valence-corrected chi connectivity index (χ3v) is 3.52. The number of anilines is 1. The maximum absolute atomic E-state index is 6.00. The smallest absolute Gasteiger partial charge is 0.142 e. The molecule has 3 N–H and O–H groups in total. The molecule has 1 atom stereocenters. The first-order valence-electron chi connectivity index (χ1n) is 8.49. The molecule has 0 bridgehead atoms. The number of nitrogen functional groups attached to an aromatic ring is 1. The number of hydrogen-bond acceptors (Lipinski definition) is 4. The Bertz CT molecular complexity index is 410. The van der Waals surface area contributed by atoms with Crippen LogP contribution in [0.25, 0.3) is 0 Å². The molecule has 0 aliphatic carbocycles. The molecule has 0 fully saturated rings. The standard InChI is InChI=1S/C18H32N2O2/c1-4-6-11-21-12-7-10-20-15(3)13-16-8-9-18(22-5-2)17(19)14-16/h8-9,14-15,20H,4-7,10-13,19H2,1-3H3. The molecule has 1 aromatic carbocycles. The Kier molecular flexibility index (Phi) is 9.67. The maximum Gasteiger partial charge on any atom is 0.142 e. The Morgan fingerprint density at radius 3 is 2.64 bits per heavy atom. The number of hydrogen-bond donors (Lipinski definition) is 2. The monoisotopic (exact) mass is 308 g/mol. The number of nitrogens with two attached hydrogens (primary N) is 1. The summed E-state index contributed by atoms with van der Waals surface area (Å²) in [5.74, 6) is 0.774. The zero-order valence-electron chi connectivity index (χ0n) is 14.4. The van der Waals surface area contributed by atoms with E-state index in [9.17, 15) is 0 Å². The average Bonchev–Trinajstić information content (AvgIpc) is 2.49. The van der Waals surface area contributed by atoms with E-state index in [2.05, 4.69) is 25.2 Å². The highest BCUT2D eigenvalue weighted by atomic mass is 16.5. The second-order valence-corrected chi connectivity index (χ2v) is 5.68. The molecule has 0 saturated heterocycles. The molecule has 4 nitrogen and oxygen atoms in total. The summed E-state index contributed by atoms with van der Waals surface area (Å²) >= 11 is 0. The zero-order valence-corrected chi connectivity index (χ0v) is 14.4. The molecule has 22 heavy (non-hydrogen) atoms. The largest absolute Gasteiger partial charge is 0.492 e. The SMILES string of the molecule is CCCCOCCCNC(C)Cc1ccc(OCC)c(N)c1. The van der Waals surface area contributed by atoms with Gasteiger partial charge in [-0.05, 0) is 57.4 Å². The molecule has 1 unspecified atom stereocenters. The van der Waals surface area contributed by atoms with Gasteiger partial charge in [0.2, 0.25) is 0 Å². The summed E-state index contributed by atoms with van der Waals surface area (Å²) in [5, 5.41) is 3.53. The number of unbranched alkanes of at least 4 members (excludes halogenated alkanes) is 1. The molecular weight excluding hydrogens is 276 g/mol.